The predicted octanol–water partition coefficient (Wildman–Crippen LogP) is 1.06. The maximum Gasteiger partial charge on any atom is 0.146 e. The molecule has 0 aromatic carbocycles. The summed E-state index contributed by atoms with van der Waals surface area (Å²) in [4.78, 5) is 4.33. The minimum Gasteiger partial charge on any atom is -0.466 e. The molecule has 1 aromatic rings. The Labute approximate surface area is 95.6 Å². The molecule has 0 fully saturated rings. The Morgan fingerprint density at radius 1 is 1.38 bits per heavy atom. The Kier molecular flexibility index (Phi) is 4.52. The number of hydrazine groups is 1. The fourth-order valence-corrected chi connectivity index (χ4v) is 1.59. The van der Waals surface area contributed by atoms with Gasteiger partial charge in [-0.15, -0.1) is 0 Å². The first-order valence-corrected chi connectivity index (χ1v) is 5.18. The number of aryl methyl sites for hydroxylation is 2. The molecule has 90 valence electrons. The van der Waals surface area contributed by atoms with Crippen molar-refractivity contribution >= 4 is 5.84 Å². The van der Waals surface area contributed by atoms with Gasteiger partial charge in [0.25, 0.3) is 0 Å². The minimum absolute atomic E-state index is 0.569. The molecule has 5 heteroatoms. The smallest absolute Gasteiger partial charge is 0.146 e. The van der Waals surface area contributed by atoms with Gasteiger partial charge in [-0.25, -0.2) is 5.84 Å². The lowest BCUT2D eigenvalue weighted by Gasteiger charge is -2.05. The highest BCUT2D eigenvalue weighted by Gasteiger charge is 2.15. The Morgan fingerprint density at radius 3 is 2.50 bits per heavy atom. The number of aliphatic imine (C=N–C) groups is 1. The second kappa shape index (κ2) is 5.67. The van der Waals surface area contributed by atoms with E-state index in [-0.39, 0.29) is 0 Å². The number of ether oxygens (including phenoxy) is 1. The van der Waals surface area contributed by atoms with E-state index in [1.165, 1.54) is 0 Å². The first kappa shape index (κ1) is 12.7. The lowest BCUT2D eigenvalue weighted by Crippen LogP contribution is -2.32. The van der Waals surface area contributed by atoms with Crippen LogP contribution in [0.5, 0.6) is 0 Å². The molecule has 0 bridgehead atoms. The fraction of sp³-hybridized carbons (Fsp3) is 0.545. The highest BCUT2D eigenvalue weighted by molar-refractivity contribution is 6.00. The Balaban J connectivity index is 2.99. The van der Waals surface area contributed by atoms with Gasteiger partial charge in [-0.1, -0.05) is 0 Å². The number of amidine groups is 1. The van der Waals surface area contributed by atoms with Crippen LogP contribution in [-0.2, 0) is 4.74 Å². The SMILES string of the molecule is COCCN=C(NN)c1c(C)oc(C)c1C. The standard InChI is InChI=1S/C11H19N3O2/c1-7-8(2)16-9(3)10(7)11(14-12)13-5-6-15-4/h5-6,12H2,1-4H3,(H,13,14). The summed E-state index contributed by atoms with van der Waals surface area (Å²) in [5.74, 6) is 7.83. The molecule has 16 heavy (non-hydrogen) atoms. The number of nitrogens with one attached hydrogen (secondary N) is 1. The zero-order valence-corrected chi connectivity index (χ0v) is 10.3. The molecular weight excluding hydrogens is 206 g/mol. The van der Waals surface area contributed by atoms with Gasteiger partial charge in [-0.2, -0.15) is 0 Å². The Hall–Kier alpha value is -1.33. The number of hydrogen-bond donors (Lipinski definition) is 2. The fourth-order valence-electron chi connectivity index (χ4n) is 1.59. The molecule has 0 saturated carbocycles. The highest BCUT2D eigenvalue weighted by Crippen LogP contribution is 2.20. The average molecular weight is 225 g/mol. The van der Waals surface area contributed by atoms with Crippen LogP contribution in [0, 0.1) is 20.8 Å². The zero-order valence-electron chi connectivity index (χ0n) is 10.3. The number of hydrogen-bond acceptors (Lipinski definition) is 4. The summed E-state index contributed by atoms with van der Waals surface area (Å²) in [7, 11) is 1.64. The predicted molar refractivity (Wildman–Crippen MR) is 63.5 cm³/mol. The van der Waals surface area contributed by atoms with Gasteiger partial charge < -0.3 is 14.6 Å². The number of nitrogens with zero attached hydrogens (tertiary/aromatic N) is 1. The van der Waals surface area contributed by atoms with Crippen LogP contribution in [-0.4, -0.2) is 26.1 Å². The first-order valence-electron chi connectivity index (χ1n) is 5.18. The first-order chi connectivity index (χ1) is 7.61. The molecule has 0 atom stereocenters. The van der Waals surface area contributed by atoms with Crippen LogP contribution in [0.3, 0.4) is 0 Å². The zero-order chi connectivity index (χ0) is 12.1. The Morgan fingerprint density at radius 2 is 2.06 bits per heavy atom. The van der Waals surface area contributed by atoms with Crippen molar-refractivity contribution in [3.05, 3.63) is 22.6 Å². The van der Waals surface area contributed by atoms with Crippen LogP contribution in [0.1, 0.15) is 22.6 Å². The summed E-state index contributed by atoms with van der Waals surface area (Å²) in [6.45, 7) is 6.96. The molecule has 0 unspecified atom stereocenters. The molecule has 1 rings (SSSR count). The van der Waals surface area contributed by atoms with Crippen molar-refractivity contribution < 1.29 is 9.15 Å². The molecular formula is C11H19N3O2. The second-order valence-electron chi connectivity index (χ2n) is 3.58. The van der Waals surface area contributed by atoms with E-state index >= 15 is 0 Å². The van der Waals surface area contributed by atoms with E-state index in [2.05, 4.69) is 10.4 Å². The van der Waals surface area contributed by atoms with Gasteiger partial charge in [-0.05, 0) is 20.8 Å². The third-order valence-corrected chi connectivity index (χ3v) is 2.50. The van der Waals surface area contributed by atoms with E-state index in [9.17, 15) is 0 Å². The van der Waals surface area contributed by atoms with Crippen molar-refractivity contribution in [1.29, 1.82) is 0 Å². The molecule has 0 saturated heterocycles. The lowest BCUT2D eigenvalue weighted by molar-refractivity contribution is 0.208. The van der Waals surface area contributed by atoms with Crippen LogP contribution < -0.4 is 11.3 Å². The van der Waals surface area contributed by atoms with Crippen molar-refractivity contribution in [3.63, 3.8) is 0 Å². The number of rotatable bonds is 4. The maximum absolute atomic E-state index is 5.53. The lowest BCUT2D eigenvalue weighted by atomic mass is 10.1. The van der Waals surface area contributed by atoms with Crippen LogP contribution in [0.2, 0.25) is 0 Å². The summed E-state index contributed by atoms with van der Waals surface area (Å²) in [5.41, 5.74) is 4.61. The largest absolute Gasteiger partial charge is 0.466 e. The molecule has 0 radical (unpaired) electrons. The molecule has 0 amide bonds. The van der Waals surface area contributed by atoms with Crippen molar-refractivity contribution in [2.45, 2.75) is 20.8 Å². The van der Waals surface area contributed by atoms with E-state index in [1.807, 2.05) is 20.8 Å². The van der Waals surface area contributed by atoms with Gasteiger partial charge >= 0.3 is 0 Å². The monoisotopic (exact) mass is 225 g/mol. The second-order valence-corrected chi connectivity index (χ2v) is 3.58. The van der Waals surface area contributed by atoms with E-state index in [0.717, 1.165) is 22.6 Å². The van der Waals surface area contributed by atoms with Gasteiger partial charge in [0.15, 0.2) is 0 Å². The summed E-state index contributed by atoms with van der Waals surface area (Å²) < 4.78 is 10.5. The Bertz CT molecular complexity index is 383. The van der Waals surface area contributed by atoms with E-state index in [4.69, 9.17) is 15.0 Å². The molecule has 3 N–H and O–H groups in total. The highest BCUT2D eigenvalue weighted by atomic mass is 16.5. The number of methoxy groups -OCH3 is 1. The topological polar surface area (TPSA) is 72.8 Å². The quantitative estimate of drug-likeness (QED) is 0.264. The van der Waals surface area contributed by atoms with E-state index in [1.54, 1.807) is 7.11 Å². The molecule has 5 nitrogen and oxygen atoms in total. The van der Waals surface area contributed by atoms with Gasteiger partial charge in [0, 0.05) is 12.7 Å². The van der Waals surface area contributed by atoms with Crippen LogP contribution in [0.4, 0.5) is 0 Å². The van der Waals surface area contributed by atoms with Gasteiger partial charge in [0.2, 0.25) is 0 Å². The minimum atomic E-state index is 0.569. The number of nitrogens with two attached hydrogens (primary N) is 1. The molecule has 1 aromatic heterocycles. The normalized spacial score (nSPS) is 11.9. The van der Waals surface area contributed by atoms with Gasteiger partial charge in [0.05, 0.1) is 18.7 Å². The van der Waals surface area contributed by atoms with E-state index in [0.29, 0.717) is 19.0 Å². The molecule has 0 spiro atoms. The number of furan rings is 1. The van der Waals surface area contributed by atoms with Gasteiger partial charge in [-0.3, -0.25) is 4.99 Å². The van der Waals surface area contributed by atoms with Crippen LogP contribution >= 0.6 is 0 Å². The third kappa shape index (κ3) is 2.62. The van der Waals surface area contributed by atoms with Crippen molar-refractivity contribution in [2.24, 2.45) is 10.8 Å². The summed E-state index contributed by atoms with van der Waals surface area (Å²) in [6.07, 6.45) is 0. The summed E-state index contributed by atoms with van der Waals surface area (Å²) >= 11 is 0. The van der Waals surface area contributed by atoms with E-state index < -0.39 is 0 Å². The summed E-state index contributed by atoms with van der Waals surface area (Å²) in [6, 6.07) is 0. The van der Waals surface area contributed by atoms with Crippen LogP contribution in [0.25, 0.3) is 0 Å². The van der Waals surface area contributed by atoms with Crippen molar-refractivity contribution in [2.75, 3.05) is 20.3 Å². The molecule has 1 heterocycles. The van der Waals surface area contributed by atoms with Crippen molar-refractivity contribution in [3.8, 4) is 0 Å². The van der Waals surface area contributed by atoms with Gasteiger partial charge in [0.1, 0.15) is 17.4 Å². The molecule has 0 aliphatic heterocycles. The summed E-state index contributed by atoms with van der Waals surface area (Å²) in [5, 5.41) is 0. The molecule has 0 aliphatic carbocycles. The van der Waals surface area contributed by atoms with Crippen molar-refractivity contribution in [1.82, 2.24) is 5.43 Å². The molecule has 0 aliphatic rings. The van der Waals surface area contributed by atoms with Crippen LogP contribution in [0.15, 0.2) is 9.41 Å². The average Bonchev–Trinajstić information content (AvgIpc) is 2.50. The maximum atomic E-state index is 5.53. The third-order valence-electron chi connectivity index (χ3n) is 2.50.